The zero-order valence-corrected chi connectivity index (χ0v) is 24.6. The fourth-order valence-corrected chi connectivity index (χ4v) is 5.46. The largest absolute Gasteiger partial charge is 0.493 e. The van der Waals surface area contributed by atoms with Crippen LogP contribution in [0.25, 0.3) is 0 Å². The van der Waals surface area contributed by atoms with Gasteiger partial charge in [0.1, 0.15) is 30.4 Å². The van der Waals surface area contributed by atoms with Crippen molar-refractivity contribution in [2.24, 2.45) is 0 Å². The summed E-state index contributed by atoms with van der Waals surface area (Å²) in [7, 11) is 0. The number of fused-ring (bicyclic) bond motifs is 1. The van der Waals surface area contributed by atoms with Crippen molar-refractivity contribution in [3.8, 4) is 17.5 Å². The second kappa shape index (κ2) is 13.4. The van der Waals surface area contributed by atoms with Gasteiger partial charge in [-0.3, -0.25) is 9.47 Å². The van der Waals surface area contributed by atoms with E-state index >= 15 is 0 Å². The maximum absolute atomic E-state index is 11.0. The third-order valence-corrected chi connectivity index (χ3v) is 8.04. The monoisotopic (exact) mass is 603 g/mol. The van der Waals surface area contributed by atoms with Gasteiger partial charge in [-0.05, 0) is 64.6 Å². The second-order valence-corrected chi connectivity index (χ2v) is 11.2. The lowest BCUT2D eigenvalue weighted by atomic mass is 10.1. The summed E-state index contributed by atoms with van der Waals surface area (Å²) < 4.78 is 19.4. The number of imidazole rings is 1. The third kappa shape index (κ3) is 7.57. The molecule has 10 nitrogen and oxygen atoms in total. The number of rotatable bonds is 11. The molecule has 3 aromatic carbocycles. The van der Waals surface area contributed by atoms with Crippen LogP contribution in [0, 0.1) is 10.1 Å². The fraction of sp³-hybridized carbons (Fsp3) is 0.344. The number of nitro groups is 1. The molecule has 11 heteroatoms. The van der Waals surface area contributed by atoms with Crippen LogP contribution in [0.4, 0.5) is 11.5 Å². The van der Waals surface area contributed by atoms with E-state index in [2.05, 4.69) is 51.2 Å². The predicted octanol–water partition coefficient (Wildman–Crippen LogP) is 5.62. The molecule has 1 unspecified atom stereocenters. The number of aryl methyl sites for hydroxylation is 1. The summed E-state index contributed by atoms with van der Waals surface area (Å²) in [6.45, 7) is 6.42. The number of hydrogen-bond donors (Lipinski definition) is 0. The Kier molecular flexibility index (Phi) is 8.95. The summed E-state index contributed by atoms with van der Waals surface area (Å²) in [5, 5.41) is 11.7. The van der Waals surface area contributed by atoms with Gasteiger partial charge in [0.15, 0.2) is 0 Å². The van der Waals surface area contributed by atoms with Crippen molar-refractivity contribution in [1.29, 1.82) is 0 Å². The van der Waals surface area contributed by atoms with Crippen LogP contribution in [0.1, 0.15) is 17.5 Å². The molecule has 0 saturated carbocycles. The lowest BCUT2D eigenvalue weighted by molar-refractivity contribution is -0.389. The van der Waals surface area contributed by atoms with Gasteiger partial charge in [-0.2, -0.15) is 0 Å². The Morgan fingerprint density at radius 3 is 2.28 bits per heavy atom. The first-order valence-electron chi connectivity index (χ1n) is 14.5. The molecule has 0 amide bonds. The van der Waals surface area contributed by atoms with Crippen molar-refractivity contribution in [2.75, 3.05) is 44.3 Å². The van der Waals surface area contributed by atoms with Gasteiger partial charge in [0, 0.05) is 67.8 Å². The molecule has 0 spiro atoms. The first-order chi connectivity index (χ1) is 21.0. The summed E-state index contributed by atoms with van der Waals surface area (Å²) in [5.41, 5.74) is 3.67. The number of anilines is 1. The lowest BCUT2D eigenvalue weighted by Gasteiger charge is -2.36. The van der Waals surface area contributed by atoms with E-state index in [0.717, 1.165) is 55.7 Å². The molecule has 3 heterocycles. The van der Waals surface area contributed by atoms with Gasteiger partial charge >= 0.3 is 11.8 Å². The van der Waals surface area contributed by atoms with Crippen LogP contribution < -0.4 is 19.1 Å². The van der Waals surface area contributed by atoms with Crippen LogP contribution >= 0.6 is 11.6 Å². The normalized spacial score (nSPS) is 16.8. The highest BCUT2D eigenvalue weighted by Crippen LogP contribution is 2.26. The predicted molar refractivity (Wildman–Crippen MR) is 164 cm³/mol. The van der Waals surface area contributed by atoms with Gasteiger partial charge < -0.3 is 29.2 Å². The highest BCUT2D eigenvalue weighted by molar-refractivity contribution is 6.30. The van der Waals surface area contributed by atoms with Gasteiger partial charge in [0.05, 0.1) is 6.61 Å². The standard InChI is InChI=1S/C32H34ClN5O5/c33-26-5-1-24(2-6-26)14-20-41-28-9-3-25(4-10-28)21-35-16-18-36(19-17-35)27-7-11-29(12-8-27)42-23-30-13-15-37-22-31(38(39)40)34-32(37)43-30/h1-12,22,30H,13-21,23H2. The summed E-state index contributed by atoms with van der Waals surface area (Å²) in [6.07, 6.45) is 2.75. The first kappa shape index (κ1) is 28.8. The number of piperazine rings is 1. The van der Waals surface area contributed by atoms with Crippen molar-refractivity contribution in [2.45, 2.75) is 32.0 Å². The number of nitrogens with zero attached hydrogens (tertiary/aromatic N) is 5. The van der Waals surface area contributed by atoms with E-state index in [4.69, 9.17) is 25.8 Å². The average molecular weight is 604 g/mol. The highest BCUT2D eigenvalue weighted by Gasteiger charge is 2.28. The minimum absolute atomic E-state index is 0.199. The molecule has 0 bridgehead atoms. The maximum Gasteiger partial charge on any atom is 0.414 e. The van der Waals surface area contributed by atoms with Gasteiger partial charge in [0.25, 0.3) is 0 Å². The molecule has 1 fully saturated rings. The Morgan fingerprint density at radius 1 is 0.884 bits per heavy atom. The van der Waals surface area contributed by atoms with E-state index in [1.54, 1.807) is 4.57 Å². The Morgan fingerprint density at radius 2 is 1.56 bits per heavy atom. The zero-order valence-electron chi connectivity index (χ0n) is 23.8. The van der Waals surface area contributed by atoms with E-state index in [9.17, 15) is 10.1 Å². The second-order valence-electron chi connectivity index (χ2n) is 10.8. The SMILES string of the molecule is O=[N+]([O-])c1cn2c(n1)OC(COc1ccc(N3CCN(Cc4ccc(OCCc5ccc(Cl)cc5)cc4)CC3)cc1)CC2. The molecule has 6 rings (SSSR count). The van der Waals surface area contributed by atoms with Crippen LogP contribution in [0.15, 0.2) is 79.0 Å². The van der Waals surface area contributed by atoms with Crippen LogP contribution in [0.2, 0.25) is 5.02 Å². The molecule has 1 saturated heterocycles. The number of benzene rings is 3. The number of aromatic nitrogens is 2. The lowest BCUT2D eigenvalue weighted by Crippen LogP contribution is -2.45. The Labute approximate surface area is 255 Å². The number of ether oxygens (including phenoxy) is 3. The molecule has 2 aliphatic rings. The topological polar surface area (TPSA) is 95.1 Å². The molecule has 1 aromatic heterocycles. The van der Waals surface area contributed by atoms with E-state index in [0.29, 0.717) is 26.2 Å². The van der Waals surface area contributed by atoms with Crippen LogP contribution in [0.3, 0.4) is 0 Å². The molecule has 0 N–H and O–H groups in total. The summed E-state index contributed by atoms with van der Waals surface area (Å²) in [5.74, 6) is 1.46. The first-order valence-corrected chi connectivity index (χ1v) is 14.9. The Hall–Kier alpha value is -4.28. The summed E-state index contributed by atoms with van der Waals surface area (Å²) in [6, 6.07) is 24.7. The van der Waals surface area contributed by atoms with Gasteiger partial charge in [0.2, 0.25) is 0 Å². The molecule has 1 atom stereocenters. The van der Waals surface area contributed by atoms with Crippen molar-refractivity contribution in [3.05, 3.63) is 105 Å². The van der Waals surface area contributed by atoms with Crippen molar-refractivity contribution in [1.82, 2.24) is 14.5 Å². The van der Waals surface area contributed by atoms with Crippen molar-refractivity contribution in [3.63, 3.8) is 0 Å². The van der Waals surface area contributed by atoms with Gasteiger partial charge in [-0.1, -0.05) is 35.9 Å². The third-order valence-electron chi connectivity index (χ3n) is 7.79. The van der Waals surface area contributed by atoms with Gasteiger partial charge in [-0.15, -0.1) is 0 Å². The molecular weight excluding hydrogens is 570 g/mol. The fourth-order valence-electron chi connectivity index (χ4n) is 5.33. The van der Waals surface area contributed by atoms with E-state index < -0.39 is 4.92 Å². The molecule has 0 aliphatic carbocycles. The number of hydrogen-bond acceptors (Lipinski definition) is 8. The van der Waals surface area contributed by atoms with Crippen LogP contribution in [-0.2, 0) is 19.5 Å². The minimum atomic E-state index is -0.511. The van der Waals surface area contributed by atoms with Crippen LogP contribution in [0.5, 0.6) is 17.5 Å². The summed E-state index contributed by atoms with van der Waals surface area (Å²) >= 11 is 5.96. The quantitative estimate of drug-likeness (QED) is 0.161. The van der Waals surface area contributed by atoms with Gasteiger partial charge in [-0.25, -0.2) is 0 Å². The van der Waals surface area contributed by atoms with E-state index in [1.165, 1.54) is 23.0 Å². The zero-order chi connectivity index (χ0) is 29.6. The smallest absolute Gasteiger partial charge is 0.414 e. The minimum Gasteiger partial charge on any atom is -0.493 e. The molecule has 2 aliphatic heterocycles. The molecular formula is C32H34ClN5O5. The highest BCUT2D eigenvalue weighted by atomic mass is 35.5. The summed E-state index contributed by atoms with van der Waals surface area (Å²) in [4.78, 5) is 19.3. The molecule has 0 radical (unpaired) electrons. The Balaban J connectivity index is 0.906. The van der Waals surface area contributed by atoms with Crippen molar-refractivity contribution >= 4 is 23.1 Å². The maximum atomic E-state index is 11.0. The average Bonchev–Trinajstić information content (AvgIpc) is 3.47. The molecule has 224 valence electrons. The molecule has 4 aromatic rings. The van der Waals surface area contributed by atoms with Crippen molar-refractivity contribution < 1.29 is 19.1 Å². The Bertz CT molecular complexity index is 1500. The molecule has 43 heavy (non-hydrogen) atoms. The number of halogens is 1. The van der Waals surface area contributed by atoms with Crippen LogP contribution in [-0.4, -0.2) is 64.9 Å². The van der Waals surface area contributed by atoms with E-state index in [1.807, 2.05) is 36.4 Å². The van der Waals surface area contributed by atoms with E-state index in [-0.39, 0.29) is 17.9 Å².